The molecule has 9 heavy (non-hydrogen) atoms. The number of hydrogen-bond acceptors (Lipinski definition) is 1. The van der Waals surface area contributed by atoms with Gasteiger partial charge in [-0.2, -0.15) is 0 Å². The van der Waals surface area contributed by atoms with Crippen LogP contribution in [0.2, 0.25) is 0 Å². The Labute approximate surface area is 57.7 Å². The normalized spacial score (nSPS) is 11.8. The minimum absolute atomic E-state index is 0.306. The van der Waals surface area contributed by atoms with Gasteiger partial charge in [0.2, 0.25) is 0 Å². The summed E-state index contributed by atoms with van der Waals surface area (Å²) in [6.07, 6.45) is 4.12. The van der Waals surface area contributed by atoms with Crippen molar-refractivity contribution < 1.29 is 4.74 Å². The van der Waals surface area contributed by atoms with E-state index in [9.17, 15) is 0 Å². The van der Waals surface area contributed by atoms with Crippen LogP contribution in [-0.4, -0.2) is 6.10 Å². The summed E-state index contributed by atoms with van der Waals surface area (Å²) in [6, 6.07) is 0. The molecule has 0 saturated carbocycles. The number of rotatable bonds is 3. The first kappa shape index (κ1) is 8.54. The summed E-state index contributed by atoms with van der Waals surface area (Å²) in [6.45, 7) is 8.29. The van der Waals surface area contributed by atoms with Gasteiger partial charge in [-0.25, -0.2) is 0 Å². The Bertz CT molecular complexity index is 82.6. The molecule has 0 spiro atoms. The van der Waals surface area contributed by atoms with Crippen LogP contribution >= 0.6 is 0 Å². The molecule has 0 unspecified atom stereocenters. The summed E-state index contributed by atoms with van der Waals surface area (Å²) in [4.78, 5) is 0. The molecule has 0 aliphatic heterocycles. The molecule has 0 atom stereocenters. The fourth-order valence-corrected chi connectivity index (χ4v) is 0.360. The van der Waals surface area contributed by atoms with Crippen molar-refractivity contribution in [3.8, 4) is 0 Å². The molecule has 0 N–H and O–H groups in total. The van der Waals surface area contributed by atoms with E-state index in [4.69, 9.17) is 4.74 Å². The first-order valence-electron chi connectivity index (χ1n) is 3.45. The maximum atomic E-state index is 5.17. The second kappa shape index (κ2) is 4.42. The first-order chi connectivity index (χ1) is 4.13. The zero-order chi connectivity index (χ0) is 7.28. The third-order valence-electron chi connectivity index (χ3n) is 0.814. The zero-order valence-corrected chi connectivity index (χ0v) is 6.72. The van der Waals surface area contributed by atoms with Crippen LogP contribution in [0.5, 0.6) is 0 Å². The maximum Gasteiger partial charge on any atom is 0.0922 e. The van der Waals surface area contributed by atoms with Gasteiger partial charge in [0.15, 0.2) is 0 Å². The minimum atomic E-state index is 0.306. The fourth-order valence-electron chi connectivity index (χ4n) is 0.360. The van der Waals surface area contributed by atoms with Crippen molar-refractivity contribution in [2.45, 2.75) is 33.8 Å². The highest BCUT2D eigenvalue weighted by Gasteiger charge is 1.86. The lowest BCUT2D eigenvalue weighted by atomic mass is 10.2. The van der Waals surface area contributed by atoms with Gasteiger partial charge in [0.25, 0.3) is 0 Å². The lowest BCUT2D eigenvalue weighted by molar-refractivity contribution is 0.178. The summed E-state index contributed by atoms with van der Waals surface area (Å²) < 4.78 is 5.17. The molecule has 0 heterocycles. The Balaban J connectivity index is 3.25. The summed E-state index contributed by atoms with van der Waals surface area (Å²) in [5.74, 6) is 0.587. The Morgan fingerprint density at radius 1 is 1.11 bits per heavy atom. The maximum absolute atomic E-state index is 5.17. The average Bonchev–Trinajstić information content (AvgIpc) is 1.63. The molecule has 0 aliphatic rings. The smallest absolute Gasteiger partial charge is 0.0922 e. The highest BCUT2D eigenvalue weighted by Crippen LogP contribution is 1.95. The van der Waals surface area contributed by atoms with E-state index in [1.54, 1.807) is 6.26 Å². The van der Waals surface area contributed by atoms with Crippen molar-refractivity contribution in [1.82, 2.24) is 0 Å². The van der Waals surface area contributed by atoms with Crippen LogP contribution in [0.3, 0.4) is 0 Å². The molecule has 0 bridgehead atoms. The van der Waals surface area contributed by atoms with Gasteiger partial charge in [-0.3, -0.25) is 0 Å². The van der Waals surface area contributed by atoms with Gasteiger partial charge < -0.3 is 4.74 Å². The van der Waals surface area contributed by atoms with Gasteiger partial charge in [-0.1, -0.05) is 13.8 Å². The van der Waals surface area contributed by atoms with Crippen molar-refractivity contribution in [3.63, 3.8) is 0 Å². The van der Waals surface area contributed by atoms with E-state index in [1.807, 2.05) is 19.9 Å². The number of allylic oxidation sites excluding steroid dienone is 1. The Morgan fingerprint density at radius 2 is 1.67 bits per heavy atom. The first-order valence-corrected chi connectivity index (χ1v) is 3.45. The van der Waals surface area contributed by atoms with Crippen molar-refractivity contribution in [2.24, 2.45) is 5.92 Å². The van der Waals surface area contributed by atoms with E-state index < -0.39 is 0 Å². The van der Waals surface area contributed by atoms with Crippen molar-refractivity contribution >= 4 is 0 Å². The quantitative estimate of drug-likeness (QED) is 0.531. The molecule has 1 heteroatoms. The molecule has 0 aromatic rings. The average molecular weight is 128 g/mol. The standard InChI is InChI=1S/C8H16O/c1-7(2)5-6-9-8(3)4/h5-8H,1-4H3/b6-5-. The van der Waals surface area contributed by atoms with Crippen LogP contribution in [0.15, 0.2) is 12.3 Å². The molecule has 54 valence electrons. The monoisotopic (exact) mass is 128 g/mol. The van der Waals surface area contributed by atoms with E-state index in [-0.39, 0.29) is 0 Å². The number of ether oxygens (including phenoxy) is 1. The van der Waals surface area contributed by atoms with Crippen LogP contribution in [0.4, 0.5) is 0 Å². The molecule has 0 aromatic heterocycles. The summed E-state index contributed by atoms with van der Waals surface area (Å²) in [5.41, 5.74) is 0. The third-order valence-corrected chi connectivity index (χ3v) is 0.814. The Kier molecular flexibility index (Phi) is 4.20. The van der Waals surface area contributed by atoms with E-state index in [0.717, 1.165) is 0 Å². The van der Waals surface area contributed by atoms with Gasteiger partial charge in [-0.15, -0.1) is 0 Å². The zero-order valence-electron chi connectivity index (χ0n) is 6.72. The fraction of sp³-hybridized carbons (Fsp3) is 0.750. The van der Waals surface area contributed by atoms with Crippen LogP contribution in [-0.2, 0) is 4.74 Å². The molecule has 0 radical (unpaired) electrons. The van der Waals surface area contributed by atoms with Gasteiger partial charge in [0, 0.05) is 0 Å². The van der Waals surface area contributed by atoms with E-state index in [1.165, 1.54) is 0 Å². The van der Waals surface area contributed by atoms with Gasteiger partial charge in [-0.05, 0) is 25.8 Å². The summed E-state index contributed by atoms with van der Waals surface area (Å²) >= 11 is 0. The van der Waals surface area contributed by atoms with E-state index in [2.05, 4.69) is 13.8 Å². The van der Waals surface area contributed by atoms with Gasteiger partial charge in [0.05, 0.1) is 12.4 Å². The Hall–Kier alpha value is -0.460. The van der Waals surface area contributed by atoms with Crippen molar-refractivity contribution in [2.75, 3.05) is 0 Å². The highest BCUT2D eigenvalue weighted by molar-refractivity contribution is 4.77. The topological polar surface area (TPSA) is 9.23 Å². The van der Waals surface area contributed by atoms with Crippen LogP contribution in [0.25, 0.3) is 0 Å². The molecular formula is C8H16O. The predicted molar refractivity (Wildman–Crippen MR) is 40.2 cm³/mol. The molecule has 1 nitrogen and oxygen atoms in total. The van der Waals surface area contributed by atoms with Crippen molar-refractivity contribution in [3.05, 3.63) is 12.3 Å². The minimum Gasteiger partial charge on any atom is -0.499 e. The molecule has 0 amide bonds. The SMILES string of the molecule is CC(C)/C=C\OC(C)C. The lowest BCUT2D eigenvalue weighted by Crippen LogP contribution is -1.95. The largest absolute Gasteiger partial charge is 0.499 e. The predicted octanol–water partition coefficient (Wildman–Crippen LogP) is 2.58. The molecule has 0 fully saturated rings. The van der Waals surface area contributed by atoms with Gasteiger partial charge >= 0.3 is 0 Å². The molecule has 0 saturated heterocycles. The van der Waals surface area contributed by atoms with Crippen LogP contribution in [0.1, 0.15) is 27.7 Å². The van der Waals surface area contributed by atoms with Crippen LogP contribution in [0, 0.1) is 5.92 Å². The van der Waals surface area contributed by atoms with Gasteiger partial charge in [0.1, 0.15) is 0 Å². The molecule has 0 rings (SSSR count). The second-order valence-electron chi connectivity index (χ2n) is 2.76. The molecule has 0 aliphatic carbocycles. The second-order valence-corrected chi connectivity index (χ2v) is 2.76. The van der Waals surface area contributed by atoms with Crippen molar-refractivity contribution in [1.29, 1.82) is 0 Å². The van der Waals surface area contributed by atoms with E-state index >= 15 is 0 Å². The summed E-state index contributed by atoms with van der Waals surface area (Å²) in [7, 11) is 0. The third kappa shape index (κ3) is 7.54. The highest BCUT2D eigenvalue weighted by atomic mass is 16.5. The number of hydrogen-bond donors (Lipinski definition) is 0. The molecule has 0 aromatic carbocycles. The molecular weight excluding hydrogens is 112 g/mol. The van der Waals surface area contributed by atoms with Crippen LogP contribution < -0.4 is 0 Å². The lowest BCUT2D eigenvalue weighted by Gasteiger charge is -2.02. The van der Waals surface area contributed by atoms with E-state index in [0.29, 0.717) is 12.0 Å². The summed E-state index contributed by atoms with van der Waals surface area (Å²) in [5, 5.41) is 0. The Morgan fingerprint density at radius 3 is 2.00 bits per heavy atom.